The summed E-state index contributed by atoms with van der Waals surface area (Å²) in [6, 6.07) is -0.575. The number of likely N-dealkylation sites (tertiary alicyclic amines) is 1. The Labute approximate surface area is 185 Å². The van der Waals surface area contributed by atoms with Gasteiger partial charge >= 0.3 is 12.1 Å². The molecule has 172 valence electrons. The van der Waals surface area contributed by atoms with E-state index in [2.05, 4.69) is 5.32 Å². The van der Waals surface area contributed by atoms with Crippen LogP contribution in [0.4, 0.5) is 4.79 Å². The maximum absolute atomic E-state index is 12.8. The van der Waals surface area contributed by atoms with Gasteiger partial charge in [-0.2, -0.15) is 11.8 Å². The molecule has 0 aromatic carbocycles. The van der Waals surface area contributed by atoms with Crippen molar-refractivity contribution >= 4 is 29.7 Å². The Morgan fingerprint density at radius 1 is 1.10 bits per heavy atom. The van der Waals surface area contributed by atoms with Crippen LogP contribution in [-0.2, 0) is 19.1 Å². The number of rotatable bonds is 8. The number of thioether (sulfide) groups is 1. The maximum atomic E-state index is 12.8. The van der Waals surface area contributed by atoms with Crippen LogP contribution in [0.5, 0.6) is 0 Å². The Balaban J connectivity index is 1.81. The molecule has 2 aliphatic rings. The van der Waals surface area contributed by atoms with Crippen molar-refractivity contribution < 1.29 is 23.9 Å². The number of amides is 2. The second-order valence-corrected chi connectivity index (χ2v) is 10.4. The van der Waals surface area contributed by atoms with Gasteiger partial charge in [-0.15, -0.1) is 0 Å². The van der Waals surface area contributed by atoms with Crippen molar-refractivity contribution in [1.29, 1.82) is 0 Å². The molecule has 2 amide bonds. The molecule has 0 aromatic rings. The number of carbonyl (C=O) groups excluding carboxylic acids is 3. The molecule has 0 unspecified atom stereocenters. The molecule has 0 radical (unpaired) electrons. The first-order chi connectivity index (χ1) is 14.2. The summed E-state index contributed by atoms with van der Waals surface area (Å²) in [5, 5.41) is 2.60. The third-order valence-corrected chi connectivity index (χ3v) is 6.85. The van der Waals surface area contributed by atoms with Crippen molar-refractivity contribution in [3.8, 4) is 0 Å². The normalized spacial score (nSPS) is 21.2. The number of hydrogen-bond donors (Lipinski definition) is 1. The van der Waals surface area contributed by atoms with Gasteiger partial charge in [0.1, 0.15) is 11.6 Å². The minimum absolute atomic E-state index is 0.200. The van der Waals surface area contributed by atoms with Crippen LogP contribution >= 0.6 is 11.8 Å². The third kappa shape index (κ3) is 8.36. The topological polar surface area (TPSA) is 84.9 Å². The average molecular weight is 443 g/mol. The van der Waals surface area contributed by atoms with Crippen molar-refractivity contribution in [2.75, 3.05) is 25.2 Å². The first-order valence-corrected chi connectivity index (χ1v) is 12.3. The van der Waals surface area contributed by atoms with Crippen molar-refractivity contribution in [1.82, 2.24) is 10.2 Å². The van der Waals surface area contributed by atoms with Crippen LogP contribution < -0.4 is 5.32 Å². The Hall–Kier alpha value is -1.44. The molecule has 8 heteroatoms. The summed E-state index contributed by atoms with van der Waals surface area (Å²) >= 11 is 1.56. The SMILES string of the molecule is COC(=O)[C@@H](CSC[C@@H]1CCCN1C(=O)CC1CCCCC1)NC(=O)OC(C)(C)C. The van der Waals surface area contributed by atoms with Crippen LogP contribution in [-0.4, -0.2) is 65.7 Å². The largest absolute Gasteiger partial charge is 0.467 e. The summed E-state index contributed by atoms with van der Waals surface area (Å²) in [4.78, 5) is 39.0. The van der Waals surface area contributed by atoms with Gasteiger partial charge in [0.05, 0.1) is 7.11 Å². The fourth-order valence-corrected chi connectivity index (χ4v) is 5.39. The summed E-state index contributed by atoms with van der Waals surface area (Å²) < 4.78 is 10.1. The van der Waals surface area contributed by atoms with Crippen molar-refractivity contribution in [3.05, 3.63) is 0 Å². The first kappa shape index (κ1) is 24.8. The monoisotopic (exact) mass is 442 g/mol. The third-order valence-electron chi connectivity index (χ3n) is 5.66. The molecule has 0 spiro atoms. The molecule has 0 aromatic heterocycles. The zero-order valence-electron chi connectivity index (χ0n) is 18.9. The number of nitrogens with one attached hydrogen (secondary N) is 1. The van der Waals surface area contributed by atoms with E-state index in [4.69, 9.17) is 9.47 Å². The molecular formula is C22H38N2O5S. The lowest BCUT2D eigenvalue weighted by Crippen LogP contribution is -2.46. The van der Waals surface area contributed by atoms with Crippen molar-refractivity contribution in [2.45, 2.75) is 89.8 Å². The van der Waals surface area contributed by atoms with E-state index in [1.165, 1.54) is 39.2 Å². The molecule has 1 heterocycles. The van der Waals surface area contributed by atoms with Gasteiger partial charge in [0.25, 0.3) is 0 Å². The Morgan fingerprint density at radius 2 is 1.80 bits per heavy atom. The zero-order chi connectivity index (χ0) is 22.1. The molecule has 2 fully saturated rings. The smallest absolute Gasteiger partial charge is 0.408 e. The predicted octanol–water partition coefficient (Wildman–Crippen LogP) is 3.75. The van der Waals surface area contributed by atoms with Crippen molar-refractivity contribution in [2.24, 2.45) is 5.92 Å². The second-order valence-electron chi connectivity index (χ2n) is 9.35. The second kappa shape index (κ2) is 11.8. The van der Waals surface area contributed by atoms with E-state index in [0.717, 1.165) is 25.1 Å². The Bertz CT molecular complexity index is 587. The molecule has 0 bridgehead atoms. The number of nitrogens with zero attached hydrogens (tertiary/aromatic N) is 1. The van der Waals surface area contributed by atoms with Gasteiger partial charge in [-0.05, 0) is 52.4 Å². The molecular weight excluding hydrogens is 404 g/mol. The highest BCUT2D eigenvalue weighted by molar-refractivity contribution is 7.99. The molecule has 2 rings (SSSR count). The molecule has 30 heavy (non-hydrogen) atoms. The van der Waals surface area contributed by atoms with Gasteiger partial charge in [-0.3, -0.25) is 4.79 Å². The molecule has 1 N–H and O–H groups in total. The van der Waals surface area contributed by atoms with Crippen LogP contribution in [0.25, 0.3) is 0 Å². The zero-order valence-corrected chi connectivity index (χ0v) is 19.7. The van der Waals surface area contributed by atoms with Crippen LogP contribution in [0, 0.1) is 5.92 Å². The summed E-state index contributed by atoms with van der Waals surface area (Å²) in [5.41, 5.74) is -0.638. The summed E-state index contributed by atoms with van der Waals surface area (Å²) in [7, 11) is 1.30. The minimum atomic E-state index is -0.775. The van der Waals surface area contributed by atoms with Gasteiger partial charge in [-0.1, -0.05) is 19.3 Å². The van der Waals surface area contributed by atoms with Gasteiger partial charge in [0, 0.05) is 30.5 Å². The van der Waals surface area contributed by atoms with Gasteiger partial charge in [0.2, 0.25) is 5.91 Å². The van der Waals surface area contributed by atoms with Crippen LogP contribution in [0.15, 0.2) is 0 Å². The Morgan fingerprint density at radius 3 is 2.43 bits per heavy atom. The number of methoxy groups -OCH3 is 1. The number of carbonyl (C=O) groups is 3. The van der Waals surface area contributed by atoms with Crippen molar-refractivity contribution in [3.63, 3.8) is 0 Å². The van der Waals surface area contributed by atoms with E-state index in [1.54, 1.807) is 32.5 Å². The highest BCUT2D eigenvalue weighted by Crippen LogP contribution is 2.29. The van der Waals surface area contributed by atoms with E-state index in [9.17, 15) is 14.4 Å². The predicted molar refractivity (Wildman–Crippen MR) is 118 cm³/mol. The quantitative estimate of drug-likeness (QED) is 0.576. The number of hydrogen-bond acceptors (Lipinski definition) is 6. The molecule has 1 saturated heterocycles. The van der Waals surface area contributed by atoms with Crippen LogP contribution in [0.3, 0.4) is 0 Å². The molecule has 1 saturated carbocycles. The molecule has 2 atom stereocenters. The van der Waals surface area contributed by atoms with Crippen LogP contribution in [0.1, 0.15) is 72.1 Å². The fourth-order valence-electron chi connectivity index (χ4n) is 4.18. The fraction of sp³-hybridized carbons (Fsp3) is 0.864. The minimum Gasteiger partial charge on any atom is -0.467 e. The van der Waals surface area contributed by atoms with E-state index in [-0.39, 0.29) is 11.9 Å². The lowest BCUT2D eigenvalue weighted by Gasteiger charge is -2.28. The highest BCUT2D eigenvalue weighted by atomic mass is 32.2. The standard InChI is InChI=1S/C22H38N2O5S/c1-22(2,3)29-21(27)23-18(20(26)28-4)15-30-14-17-11-8-12-24(17)19(25)13-16-9-6-5-7-10-16/h16-18H,5-15H2,1-4H3,(H,23,27)/t17-,18+/m0/s1. The van der Waals surface area contributed by atoms with E-state index in [1.807, 2.05) is 4.90 Å². The number of esters is 1. The van der Waals surface area contributed by atoms with E-state index >= 15 is 0 Å². The summed E-state index contributed by atoms with van der Waals surface area (Å²) in [6.07, 6.45) is 8.20. The average Bonchev–Trinajstić information content (AvgIpc) is 3.14. The van der Waals surface area contributed by atoms with Gasteiger partial charge in [-0.25, -0.2) is 9.59 Å². The highest BCUT2D eigenvalue weighted by Gasteiger charge is 2.31. The van der Waals surface area contributed by atoms with Gasteiger partial charge in [0.15, 0.2) is 0 Å². The van der Waals surface area contributed by atoms with E-state index < -0.39 is 23.7 Å². The first-order valence-electron chi connectivity index (χ1n) is 11.1. The van der Waals surface area contributed by atoms with Crippen LogP contribution in [0.2, 0.25) is 0 Å². The lowest BCUT2D eigenvalue weighted by molar-refractivity contribution is -0.142. The summed E-state index contributed by atoms with van der Waals surface area (Å²) in [6.45, 7) is 6.14. The maximum Gasteiger partial charge on any atom is 0.408 e. The Kier molecular flexibility index (Phi) is 9.78. The number of alkyl carbamates (subject to hydrolysis) is 1. The van der Waals surface area contributed by atoms with E-state index in [0.29, 0.717) is 18.1 Å². The molecule has 7 nitrogen and oxygen atoms in total. The molecule has 1 aliphatic carbocycles. The molecule has 1 aliphatic heterocycles. The summed E-state index contributed by atoms with van der Waals surface area (Å²) in [5.74, 6) is 1.46. The number of ether oxygens (including phenoxy) is 2. The lowest BCUT2D eigenvalue weighted by atomic mass is 9.86. The van der Waals surface area contributed by atoms with Gasteiger partial charge < -0.3 is 19.7 Å².